The lowest BCUT2D eigenvalue weighted by molar-refractivity contribution is -0.107. The molecular formula is C4H8AlCl3O. The first kappa shape index (κ1) is 12.7. The number of rotatable bonds is 2. The van der Waals surface area contributed by atoms with Gasteiger partial charge in [0, 0.05) is 6.42 Å². The minimum absolute atomic E-state index is 0.708. The molecule has 0 heterocycles. The van der Waals surface area contributed by atoms with Gasteiger partial charge in [0.15, 0.2) is 0 Å². The van der Waals surface area contributed by atoms with E-state index < -0.39 is 11.4 Å². The molecular weight excluding hydrogens is 197 g/mol. The average Bonchev–Trinajstić information content (AvgIpc) is 1.66. The first-order valence-electron chi connectivity index (χ1n) is 2.51. The Labute approximate surface area is 72.3 Å². The van der Waals surface area contributed by atoms with Crippen LogP contribution in [0, 0.1) is 0 Å². The average molecular weight is 205 g/mol. The van der Waals surface area contributed by atoms with Crippen molar-refractivity contribution in [2.24, 2.45) is 0 Å². The third-order valence-corrected chi connectivity index (χ3v) is 0.407. The molecule has 0 rings (SSSR count). The van der Waals surface area contributed by atoms with E-state index in [1.807, 2.05) is 6.92 Å². The van der Waals surface area contributed by atoms with E-state index in [1.54, 1.807) is 0 Å². The normalized spacial score (nSPS) is 7.11. The van der Waals surface area contributed by atoms with Gasteiger partial charge < -0.3 is 4.79 Å². The zero-order chi connectivity index (χ0) is 7.70. The summed E-state index contributed by atoms with van der Waals surface area (Å²) in [5, 5.41) is 0. The molecule has 0 spiro atoms. The van der Waals surface area contributed by atoms with Crippen LogP contribution in [-0.2, 0) is 4.79 Å². The zero-order valence-electron chi connectivity index (χ0n) is 5.11. The monoisotopic (exact) mass is 204 g/mol. The third-order valence-electron chi connectivity index (χ3n) is 0.407. The predicted octanol–water partition coefficient (Wildman–Crippen LogP) is 2.67. The van der Waals surface area contributed by atoms with Crippen molar-refractivity contribution < 1.29 is 4.79 Å². The molecule has 0 unspecified atom stereocenters. The van der Waals surface area contributed by atoms with E-state index in [0.717, 1.165) is 12.7 Å². The first-order valence-corrected chi connectivity index (χ1v) is 7.74. The van der Waals surface area contributed by atoms with Crippen LogP contribution in [0.25, 0.3) is 0 Å². The lowest BCUT2D eigenvalue weighted by Gasteiger charge is -1.68. The Morgan fingerprint density at radius 2 is 1.78 bits per heavy atom. The van der Waals surface area contributed by atoms with Crippen molar-refractivity contribution in [2.45, 2.75) is 19.8 Å². The molecule has 0 aliphatic carbocycles. The summed E-state index contributed by atoms with van der Waals surface area (Å²) in [5.74, 6) is 0. The highest BCUT2D eigenvalue weighted by molar-refractivity contribution is 7.54. The summed E-state index contributed by atoms with van der Waals surface area (Å²) in [5.41, 5.74) is 0. The molecule has 54 valence electrons. The Hall–Kier alpha value is 1.07. The summed E-state index contributed by atoms with van der Waals surface area (Å²) < 4.78 is 0. The second-order valence-corrected chi connectivity index (χ2v) is 7.64. The molecule has 0 atom stereocenters. The second-order valence-electron chi connectivity index (χ2n) is 1.20. The smallest absolute Gasteiger partial charge is 0.303 e. The van der Waals surface area contributed by atoms with E-state index in [0.29, 0.717) is 6.42 Å². The second kappa shape index (κ2) is 11.8. The fourth-order valence-electron chi connectivity index (χ4n) is 0.118. The van der Waals surface area contributed by atoms with Gasteiger partial charge in [-0.1, -0.05) is 6.92 Å². The molecule has 0 fully saturated rings. The number of hydrogen-bond acceptors (Lipinski definition) is 1. The van der Waals surface area contributed by atoms with Crippen LogP contribution in [0.15, 0.2) is 0 Å². The molecule has 0 aromatic carbocycles. The highest BCUT2D eigenvalue weighted by Gasteiger charge is 2.00. The molecule has 0 N–H and O–H groups in total. The number of carbonyl (C=O) groups excluding carboxylic acids is 1. The molecule has 0 aromatic heterocycles. The van der Waals surface area contributed by atoms with Crippen molar-refractivity contribution in [1.82, 2.24) is 0 Å². The van der Waals surface area contributed by atoms with E-state index in [9.17, 15) is 4.79 Å². The first-order chi connectivity index (χ1) is 4.15. The van der Waals surface area contributed by atoms with Crippen LogP contribution in [0.5, 0.6) is 0 Å². The summed E-state index contributed by atoms with van der Waals surface area (Å²) in [6.45, 7) is 1.98. The Balaban J connectivity index is 0. The van der Waals surface area contributed by atoms with Gasteiger partial charge in [-0.2, -0.15) is 0 Å². The van der Waals surface area contributed by atoms with Gasteiger partial charge in [0.05, 0.1) is 0 Å². The van der Waals surface area contributed by atoms with E-state index >= 15 is 0 Å². The lowest BCUT2D eigenvalue weighted by atomic mass is 10.4. The molecule has 0 aliphatic heterocycles. The molecule has 9 heavy (non-hydrogen) atoms. The fourth-order valence-corrected chi connectivity index (χ4v) is 0.118. The van der Waals surface area contributed by atoms with E-state index in [-0.39, 0.29) is 0 Å². The van der Waals surface area contributed by atoms with Crippen LogP contribution >= 0.6 is 30.1 Å². The maximum atomic E-state index is 9.40. The summed E-state index contributed by atoms with van der Waals surface area (Å²) in [6.07, 6.45) is 2.61. The number of hydrogen-bond donors (Lipinski definition) is 0. The predicted molar refractivity (Wildman–Crippen MR) is 44.3 cm³/mol. The molecule has 0 amide bonds. The van der Waals surface area contributed by atoms with Gasteiger partial charge >= 0.3 is 11.4 Å². The van der Waals surface area contributed by atoms with Crippen molar-refractivity contribution in [1.29, 1.82) is 0 Å². The minimum atomic E-state index is -1.72. The molecule has 0 aliphatic rings. The third kappa shape index (κ3) is 48.1. The van der Waals surface area contributed by atoms with Gasteiger partial charge in [0.25, 0.3) is 0 Å². The SMILES string of the molecule is CCCC=O.[Cl][Al]([Cl])[Cl]. The number of halogens is 3. The van der Waals surface area contributed by atoms with Crippen LogP contribution in [0.3, 0.4) is 0 Å². The molecule has 0 saturated carbocycles. The van der Waals surface area contributed by atoms with Gasteiger partial charge in [0.1, 0.15) is 6.29 Å². The van der Waals surface area contributed by atoms with Crippen molar-refractivity contribution in [3.05, 3.63) is 0 Å². The highest BCUT2D eigenvalue weighted by atomic mass is 35.8. The molecule has 5 heteroatoms. The van der Waals surface area contributed by atoms with E-state index in [4.69, 9.17) is 30.1 Å². The van der Waals surface area contributed by atoms with E-state index in [1.165, 1.54) is 0 Å². The molecule has 0 saturated heterocycles. The van der Waals surface area contributed by atoms with Crippen LogP contribution in [0.2, 0.25) is 0 Å². The Kier molecular flexibility index (Phi) is 16.7. The maximum absolute atomic E-state index is 9.40. The Morgan fingerprint density at radius 3 is 1.78 bits per heavy atom. The topological polar surface area (TPSA) is 17.1 Å². The molecule has 1 nitrogen and oxygen atoms in total. The number of aldehydes is 1. The van der Waals surface area contributed by atoms with Crippen molar-refractivity contribution in [3.63, 3.8) is 0 Å². The van der Waals surface area contributed by atoms with Crippen molar-refractivity contribution in [2.75, 3.05) is 0 Å². The van der Waals surface area contributed by atoms with Crippen molar-refractivity contribution >= 4 is 47.8 Å². The number of unbranched alkanes of at least 4 members (excludes halogenated alkanes) is 1. The summed E-state index contributed by atoms with van der Waals surface area (Å²) in [4.78, 5) is 9.40. The molecule has 0 bridgehead atoms. The summed E-state index contributed by atoms with van der Waals surface area (Å²) in [7, 11) is 14.8. The van der Waals surface area contributed by atoms with Crippen LogP contribution in [-0.4, -0.2) is 17.7 Å². The Bertz CT molecular complexity index is 57.0. The standard InChI is InChI=1S/C4H8O.Al.3ClH/c1-2-3-4-5;;;;/h4H,2-3H2,1H3;;3*1H/q;+3;;;/p-3. The Morgan fingerprint density at radius 1 is 1.44 bits per heavy atom. The van der Waals surface area contributed by atoms with Crippen molar-refractivity contribution in [3.8, 4) is 0 Å². The van der Waals surface area contributed by atoms with Crippen LogP contribution in [0.1, 0.15) is 19.8 Å². The molecule has 0 radical (unpaired) electrons. The summed E-state index contributed by atoms with van der Waals surface area (Å²) in [6, 6.07) is 0. The lowest BCUT2D eigenvalue weighted by Crippen LogP contribution is -1.66. The summed E-state index contributed by atoms with van der Waals surface area (Å²) >= 11 is -1.72. The maximum Gasteiger partial charge on any atom is 0.643 e. The van der Waals surface area contributed by atoms with Gasteiger partial charge in [0.2, 0.25) is 0 Å². The molecule has 0 aromatic rings. The quantitative estimate of drug-likeness (QED) is 0.500. The minimum Gasteiger partial charge on any atom is -0.303 e. The fraction of sp³-hybridized carbons (Fsp3) is 0.750. The van der Waals surface area contributed by atoms with Gasteiger partial charge in [-0.05, 0) is 6.42 Å². The zero-order valence-corrected chi connectivity index (χ0v) is 8.53. The van der Waals surface area contributed by atoms with Gasteiger partial charge in [-0.3, -0.25) is 0 Å². The van der Waals surface area contributed by atoms with E-state index in [2.05, 4.69) is 0 Å². The van der Waals surface area contributed by atoms with Crippen LogP contribution in [0.4, 0.5) is 0 Å². The number of carbonyl (C=O) groups is 1. The van der Waals surface area contributed by atoms with Gasteiger partial charge in [-0.25, -0.2) is 30.1 Å². The van der Waals surface area contributed by atoms with Gasteiger partial charge in [-0.15, -0.1) is 0 Å². The largest absolute Gasteiger partial charge is 0.643 e. The highest BCUT2D eigenvalue weighted by Crippen LogP contribution is 1.97. The van der Waals surface area contributed by atoms with Crippen LogP contribution < -0.4 is 0 Å².